The number of rotatable bonds is 5. The third kappa shape index (κ3) is 4.27. The molecular weight excluding hydrogens is 392 g/mol. The van der Waals surface area contributed by atoms with Gasteiger partial charge in [-0.1, -0.05) is 24.8 Å². The van der Waals surface area contributed by atoms with Gasteiger partial charge in [0.05, 0.1) is 23.6 Å². The molecule has 0 radical (unpaired) electrons. The van der Waals surface area contributed by atoms with Crippen LogP contribution in [-0.2, 0) is 9.53 Å². The number of hydrogen-bond donors (Lipinski definition) is 3. The molecule has 0 bridgehead atoms. The van der Waals surface area contributed by atoms with Crippen LogP contribution in [0.5, 0.6) is 0 Å². The van der Waals surface area contributed by atoms with Crippen LogP contribution >= 0.6 is 0 Å². The molecule has 2 atom stereocenters. The maximum absolute atomic E-state index is 13.0. The van der Waals surface area contributed by atoms with Crippen LogP contribution in [0.25, 0.3) is 0 Å². The molecule has 2 aromatic rings. The summed E-state index contributed by atoms with van der Waals surface area (Å²) >= 11 is 0. The predicted octanol–water partition coefficient (Wildman–Crippen LogP) is 2.50. The first-order valence-electron chi connectivity index (χ1n) is 8.80. The number of nitro groups is 1. The van der Waals surface area contributed by atoms with E-state index in [1.165, 1.54) is 43.5 Å². The van der Waals surface area contributed by atoms with Gasteiger partial charge in [-0.2, -0.15) is 0 Å². The normalized spacial score (nSPS) is 18.0. The van der Waals surface area contributed by atoms with E-state index in [4.69, 9.17) is 0 Å². The third-order valence-corrected chi connectivity index (χ3v) is 4.57. The van der Waals surface area contributed by atoms with Crippen molar-refractivity contribution in [3.05, 3.63) is 82.0 Å². The van der Waals surface area contributed by atoms with Gasteiger partial charge in [0.25, 0.3) is 5.69 Å². The van der Waals surface area contributed by atoms with Gasteiger partial charge in [0.2, 0.25) is 5.91 Å². The van der Waals surface area contributed by atoms with E-state index >= 15 is 0 Å². The zero-order chi connectivity index (χ0) is 21.8. The molecule has 0 aliphatic carbocycles. The van der Waals surface area contributed by atoms with Gasteiger partial charge in [-0.05, 0) is 23.8 Å². The fraction of sp³-hybridized carbons (Fsp3) is 0.150. The summed E-state index contributed by atoms with van der Waals surface area (Å²) in [6, 6.07) is 10.5. The average molecular weight is 410 g/mol. The van der Waals surface area contributed by atoms with E-state index in [0.717, 1.165) is 0 Å². The Morgan fingerprint density at radius 3 is 2.53 bits per heavy atom. The topological polar surface area (TPSA) is 140 Å². The number of non-ortho nitro benzene ring substituents is 1. The van der Waals surface area contributed by atoms with Crippen molar-refractivity contribution in [2.45, 2.75) is 6.04 Å². The molecule has 1 heterocycles. The van der Waals surface area contributed by atoms with Crippen LogP contribution in [0.15, 0.2) is 60.8 Å². The summed E-state index contributed by atoms with van der Waals surface area (Å²) in [6.07, 6.45) is 0. The number of nitro benzene ring substituents is 1. The van der Waals surface area contributed by atoms with Gasteiger partial charge < -0.3 is 20.7 Å². The molecule has 0 spiro atoms. The Hall–Kier alpha value is -4.21. The molecule has 1 fully saturated rings. The van der Waals surface area contributed by atoms with Gasteiger partial charge in [0.1, 0.15) is 5.92 Å². The lowest BCUT2D eigenvalue weighted by molar-refractivity contribution is -0.384. The highest BCUT2D eigenvalue weighted by molar-refractivity contribution is 5.97. The minimum atomic E-state index is -0.911. The maximum Gasteiger partial charge on any atom is 0.337 e. The number of anilines is 1. The maximum atomic E-state index is 13.0. The molecule has 3 amide bonds. The van der Waals surface area contributed by atoms with Crippen LogP contribution in [0.2, 0.25) is 0 Å². The number of benzene rings is 2. The highest BCUT2D eigenvalue weighted by Gasteiger charge is 2.38. The van der Waals surface area contributed by atoms with Crippen molar-refractivity contribution in [3.63, 3.8) is 0 Å². The second-order valence-corrected chi connectivity index (χ2v) is 6.49. The quantitative estimate of drug-likeness (QED) is 0.393. The van der Waals surface area contributed by atoms with Gasteiger partial charge in [-0.3, -0.25) is 14.9 Å². The SMILES string of the molecule is C=C1NC(=O)N[C@H](c2ccc(C(=O)OC)cc2)[C@@H]1C(=O)Nc1cccc([N+](=O)[O-])c1. The zero-order valence-corrected chi connectivity index (χ0v) is 15.9. The van der Waals surface area contributed by atoms with Crippen LogP contribution in [0.3, 0.4) is 0 Å². The molecule has 1 saturated heterocycles. The number of carbonyl (C=O) groups excluding carboxylic acids is 3. The number of esters is 1. The Morgan fingerprint density at radius 1 is 1.20 bits per heavy atom. The first-order valence-corrected chi connectivity index (χ1v) is 8.80. The molecule has 154 valence electrons. The molecule has 3 N–H and O–H groups in total. The van der Waals surface area contributed by atoms with Crippen molar-refractivity contribution in [1.29, 1.82) is 0 Å². The molecule has 10 nitrogen and oxygen atoms in total. The largest absolute Gasteiger partial charge is 0.465 e. The van der Waals surface area contributed by atoms with E-state index < -0.39 is 34.8 Å². The number of methoxy groups -OCH3 is 1. The number of nitrogens with zero attached hydrogens (tertiary/aromatic N) is 1. The van der Waals surface area contributed by atoms with Crippen LogP contribution in [0.4, 0.5) is 16.2 Å². The van der Waals surface area contributed by atoms with E-state index in [1.807, 2.05) is 0 Å². The lowest BCUT2D eigenvalue weighted by Crippen LogP contribution is -2.51. The highest BCUT2D eigenvalue weighted by atomic mass is 16.6. The zero-order valence-electron chi connectivity index (χ0n) is 15.9. The van der Waals surface area contributed by atoms with Crippen molar-refractivity contribution in [3.8, 4) is 0 Å². The van der Waals surface area contributed by atoms with Gasteiger partial charge in [0, 0.05) is 23.5 Å². The number of hydrogen-bond acceptors (Lipinski definition) is 6. The molecule has 1 aliphatic heterocycles. The molecule has 2 aromatic carbocycles. The van der Waals surface area contributed by atoms with Crippen molar-refractivity contribution >= 4 is 29.3 Å². The Bertz CT molecular complexity index is 1030. The van der Waals surface area contributed by atoms with Gasteiger partial charge in [-0.25, -0.2) is 9.59 Å². The van der Waals surface area contributed by atoms with Crippen LogP contribution in [0, 0.1) is 16.0 Å². The van der Waals surface area contributed by atoms with Crippen molar-refractivity contribution in [2.24, 2.45) is 5.92 Å². The van der Waals surface area contributed by atoms with Crippen LogP contribution in [-0.4, -0.2) is 29.9 Å². The number of carbonyl (C=O) groups is 3. The second-order valence-electron chi connectivity index (χ2n) is 6.49. The molecule has 3 rings (SSSR count). The highest BCUT2D eigenvalue weighted by Crippen LogP contribution is 2.31. The minimum Gasteiger partial charge on any atom is -0.465 e. The lowest BCUT2D eigenvalue weighted by Gasteiger charge is -2.34. The predicted molar refractivity (Wildman–Crippen MR) is 107 cm³/mol. The molecule has 1 aliphatic rings. The summed E-state index contributed by atoms with van der Waals surface area (Å²) in [5.74, 6) is -1.94. The molecule has 10 heteroatoms. The molecule has 30 heavy (non-hydrogen) atoms. The molecular formula is C20H18N4O6. The average Bonchev–Trinajstić information content (AvgIpc) is 2.72. The van der Waals surface area contributed by atoms with E-state index in [-0.39, 0.29) is 17.1 Å². The third-order valence-electron chi connectivity index (χ3n) is 4.57. The number of ether oxygens (including phenoxy) is 1. The van der Waals surface area contributed by atoms with Crippen molar-refractivity contribution in [2.75, 3.05) is 12.4 Å². The molecule has 0 aromatic heterocycles. The number of amides is 3. The fourth-order valence-electron chi connectivity index (χ4n) is 3.13. The van der Waals surface area contributed by atoms with E-state index in [2.05, 4.69) is 27.3 Å². The standard InChI is InChI=1S/C20H18N4O6/c1-11-16(18(25)22-14-4-3-5-15(10-14)24(28)29)17(23-20(27)21-11)12-6-8-13(9-7-12)19(26)30-2/h3-10,16-17H,1H2,2H3,(H,22,25)(H2,21,23,27)/t16-,17-/m1/s1. The first kappa shape index (κ1) is 20.5. The second kappa shape index (κ2) is 8.43. The Kier molecular flexibility index (Phi) is 5.77. The monoisotopic (exact) mass is 410 g/mol. The summed E-state index contributed by atoms with van der Waals surface area (Å²) in [6.45, 7) is 3.77. The van der Waals surface area contributed by atoms with Crippen molar-refractivity contribution < 1.29 is 24.0 Å². The smallest absolute Gasteiger partial charge is 0.337 e. The van der Waals surface area contributed by atoms with Gasteiger partial charge in [-0.15, -0.1) is 0 Å². The number of urea groups is 1. The lowest BCUT2D eigenvalue weighted by atomic mass is 9.88. The Balaban J connectivity index is 1.88. The summed E-state index contributed by atoms with van der Waals surface area (Å²) in [7, 11) is 1.27. The van der Waals surface area contributed by atoms with E-state index in [9.17, 15) is 24.5 Å². The van der Waals surface area contributed by atoms with Gasteiger partial charge in [0.15, 0.2) is 0 Å². The Labute approximate surface area is 171 Å². The summed E-state index contributed by atoms with van der Waals surface area (Å²) in [5, 5.41) is 18.7. The molecule has 0 unspecified atom stereocenters. The summed E-state index contributed by atoms with van der Waals surface area (Å²) < 4.78 is 4.66. The number of nitrogens with one attached hydrogen (secondary N) is 3. The van der Waals surface area contributed by atoms with Crippen LogP contribution < -0.4 is 16.0 Å². The fourth-order valence-corrected chi connectivity index (χ4v) is 3.13. The summed E-state index contributed by atoms with van der Waals surface area (Å²) in [4.78, 5) is 46.9. The van der Waals surface area contributed by atoms with Gasteiger partial charge >= 0.3 is 12.0 Å². The Morgan fingerprint density at radius 2 is 1.90 bits per heavy atom. The first-order chi connectivity index (χ1) is 14.3. The minimum absolute atomic E-state index is 0.170. The van der Waals surface area contributed by atoms with Crippen LogP contribution in [0.1, 0.15) is 22.0 Å². The van der Waals surface area contributed by atoms with E-state index in [1.54, 1.807) is 12.1 Å². The summed E-state index contributed by atoms with van der Waals surface area (Å²) in [5.41, 5.74) is 1.12. The molecule has 0 saturated carbocycles. The van der Waals surface area contributed by atoms with Crippen molar-refractivity contribution in [1.82, 2.24) is 10.6 Å². The van der Waals surface area contributed by atoms with E-state index in [0.29, 0.717) is 11.1 Å².